The van der Waals surface area contributed by atoms with Crippen LogP contribution < -0.4 is 0 Å². The van der Waals surface area contributed by atoms with Crippen LogP contribution in [-0.4, -0.2) is 9.55 Å². The fourth-order valence-corrected chi connectivity index (χ4v) is 2.91. The second-order valence-electron chi connectivity index (χ2n) is 3.38. The lowest BCUT2D eigenvalue weighted by atomic mass is 10.1. The zero-order valence-electron chi connectivity index (χ0n) is 7.63. The van der Waals surface area contributed by atoms with E-state index in [0.29, 0.717) is 5.25 Å². The van der Waals surface area contributed by atoms with E-state index in [1.54, 1.807) is 0 Å². The highest BCUT2D eigenvalue weighted by atomic mass is 32.2. The summed E-state index contributed by atoms with van der Waals surface area (Å²) >= 11 is 1.85. The van der Waals surface area contributed by atoms with Crippen LogP contribution in [0.1, 0.15) is 10.8 Å². The van der Waals surface area contributed by atoms with E-state index >= 15 is 0 Å². The first kappa shape index (κ1) is 8.12. The van der Waals surface area contributed by atoms with Crippen molar-refractivity contribution < 1.29 is 0 Å². The molecular formula is C11H10N2S. The Morgan fingerprint density at radius 3 is 2.93 bits per heavy atom. The molecule has 0 fully saturated rings. The molecule has 0 amide bonds. The molecule has 1 aliphatic heterocycles. The predicted molar refractivity (Wildman–Crippen MR) is 57.3 cm³/mol. The molecule has 0 spiro atoms. The van der Waals surface area contributed by atoms with Gasteiger partial charge in [0.25, 0.3) is 0 Å². The number of fused-ring (bicyclic) bond motifs is 1. The van der Waals surface area contributed by atoms with Gasteiger partial charge in [-0.3, -0.25) is 0 Å². The molecule has 0 saturated heterocycles. The smallest absolute Gasteiger partial charge is 0.168 e. The minimum atomic E-state index is 0.542. The largest absolute Gasteiger partial charge is 0.325 e. The fraction of sp³-hybridized carbons (Fsp3) is 0.182. The van der Waals surface area contributed by atoms with E-state index in [1.165, 1.54) is 5.56 Å². The Labute approximate surface area is 87.0 Å². The van der Waals surface area contributed by atoms with E-state index in [2.05, 4.69) is 39.9 Å². The number of benzene rings is 1. The highest BCUT2D eigenvalue weighted by Gasteiger charge is 2.23. The quantitative estimate of drug-likeness (QED) is 0.707. The lowest BCUT2D eigenvalue weighted by Gasteiger charge is -2.06. The molecule has 0 N–H and O–H groups in total. The Morgan fingerprint density at radius 1 is 1.29 bits per heavy atom. The minimum absolute atomic E-state index is 0.542. The standard InChI is InChI=1S/C11H10N2S/c1-2-4-9(5-3-1)10-8-13-7-6-12-11(13)14-10/h1-7,10H,8H2. The summed E-state index contributed by atoms with van der Waals surface area (Å²) < 4.78 is 2.21. The molecule has 3 rings (SSSR count). The van der Waals surface area contributed by atoms with Crippen LogP contribution in [0.2, 0.25) is 0 Å². The Kier molecular flexibility index (Phi) is 1.84. The molecule has 1 unspecified atom stereocenters. The summed E-state index contributed by atoms with van der Waals surface area (Å²) in [5.41, 5.74) is 1.39. The van der Waals surface area contributed by atoms with Crippen LogP contribution in [0.15, 0.2) is 47.9 Å². The van der Waals surface area contributed by atoms with Gasteiger partial charge in [-0.15, -0.1) is 0 Å². The van der Waals surface area contributed by atoms with E-state index in [-0.39, 0.29) is 0 Å². The number of hydrogen-bond donors (Lipinski definition) is 0. The van der Waals surface area contributed by atoms with Crippen molar-refractivity contribution in [2.45, 2.75) is 17.0 Å². The van der Waals surface area contributed by atoms with Gasteiger partial charge in [-0.1, -0.05) is 42.1 Å². The van der Waals surface area contributed by atoms with Crippen molar-refractivity contribution in [2.24, 2.45) is 0 Å². The van der Waals surface area contributed by atoms with Gasteiger partial charge in [0.1, 0.15) is 0 Å². The van der Waals surface area contributed by atoms with E-state index < -0.39 is 0 Å². The van der Waals surface area contributed by atoms with E-state index in [1.807, 2.05) is 24.2 Å². The number of imidazole rings is 1. The lowest BCUT2D eigenvalue weighted by molar-refractivity contribution is 0.663. The fourth-order valence-electron chi connectivity index (χ4n) is 1.74. The summed E-state index contributed by atoms with van der Waals surface area (Å²) in [5.74, 6) is 0. The first-order chi connectivity index (χ1) is 6.93. The number of aromatic nitrogens is 2. The average molecular weight is 202 g/mol. The normalized spacial score (nSPS) is 19.6. The number of thioether (sulfide) groups is 1. The van der Waals surface area contributed by atoms with Gasteiger partial charge in [-0.05, 0) is 5.56 Å². The Hall–Kier alpha value is -1.22. The summed E-state index contributed by atoms with van der Waals surface area (Å²) in [4.78, 5) is 4.30. The molecule has 0 aliphatic carbocycles. The topological polar surface area (TPSA) is 17.8 Å². The van der Waals surface area contributed by atoms with Crippen LogP contribution >= 0.6 is 11.8 Å². The Bertz CT molecular complexity index is 415. The van der Waals surface area contributed by atoms with Crippen LogP contribution in [0.3, 0.4) is 0 Å². The Balaban J connectivity index is 1.89. The summed E-state index contributed by atoms with van der Waals surface area (Å²) in [7, 11) is 0. The summed E-state index contributed by atoms with van der Waals surface area (Å²) in [6, 6.07) is 10.6. The van der Waals surface area contributed by atoms with Crippen LogP contribution in [0, 0.1) is 0 Å². The van der Waals surface area contributed by atoms with E-state index in [0.717, 1.165) is 11.7 Å². The van der Waals surface area contributed by atoms with Gasteiger partial charge in [-0.2, -0.15) is 0 Å². The van der Waals surface area contributed by atoms with Crippen molar-refractivity contribution in [3.05, 3.63) is 48.3 Å². The molecule has 1 atom stereocenters. The maximum atomic E-state index is 4.30. The molecular weight excluding hydrogens is 192 g/mol. The molecule has 14 heavy (non-hydrogen) atoms. The molecule has 0 bridgehead atoms. The van der Waals surface area contributed by atoms with Gasteiger partial charge >= 0.3 is 0 Å². The highest BCUT2D eigenvalue weighted by Crippen LogP contribution is 2.41. The van der Waals surface area contributed by atoms with Gasteiger partial charge in [0, 0.05) is 18.9 Å². The molecule has 3 heteroatoms. The third-order valence-electron chi connectivity index (χ3n) is 2.46. The van der Waals surface area contributed by atoms with Crippen LogP contribution in [0.4, 0.5) is 0 Å². The molecule has 0 radical (unpaired) electrons. The predicted octanol–water partition coefficient (Wildman–Crippen LogP) is 2.73. The second-order valence-corrected chi connectivity index (χ2v) is 4.55. The Morgan fingerprint density at radius 2 is 2.14 bits per heavy atom. The molecule has 0 saturated carbocycles. The third-order valence-corrected chi connectivity index (χ3v) is 3.72. The van der Waals surface area contributed by atoms with E-state index in [9.17, 15) is 0 Å². The maximum Gasteiger partial charge on any atom is 0.168 e. The van der Waals surface area contributed by atoms with Crippen molar-refractivity contribution >= 4 is 11.8 Å². The average Bonchev–Trinajstić information content (AvgIpc) is 2.78. The molecule has 2 aromatic rings. The second kappa shape index (κ2) is 3.17. The van der Waals surface area contributed by atoms with Crippen molar-refractivity contribution in [2.75, 3.05) is 0 Å². The van der Waals surface area contributed by atoms with Crippen LogP contribution in [-0.2, 0) is 6.54 Å². The molecule has 1 aromatic heterocycles. The van der Waals surface area contributed by atoms with Crippen molar-refractivity contribution in [3.8, 4) is 0 Å². The first-order valence-corrected chi connectivity index (χ1v) is 5.54. The summed E-state index contributed by atoms with van der Waals surface area (Å²) in [5, 5.41) is 1.68. The molecule has 1 aromatic carbocycles. The summed E-state index contributed by atoms with van der Waals surface area (Å²) in [6.07, 6.45) is 3.91. The SMILES string of the molecule is c1ccc(C2Cn3ccnc3S2)cc1. The van der Waals surface area contributed by atoms with E-state index in [4.69, 9.17) is 0 Å². The minimum Gasteiger partial charge on any atom is -0.325 e. The maximum absolute atomic E-state index is 4.30. The van der Waals surface area contributed by atoms with Crippen LogP contribution in [0.5, 0.6) is 0 Å². The van der Waals surface area contributed by atoms with Gasteiger partial charge < -0.3 is 4.57 Å². The molecule has 2 heterocycles. The van der Waals surface area contributed by atoms with Crippen molar-refractivity contribution in [1.82, 2.24) is 9.55 Å². The van der Waals surface area contributed by atoms with Gasteiger partial charge in [0.2, 0.25) is 0 Å². The number of hydrogen-bond acceptors (Lipinski definition) is 2. The monoisotopic (exact) mass is 202 g/mol. The number of nitrogens with zero attached hydrogens (tertiary/aromatic N) is 2. The molecule has 2 nitrogen and oxygen atoms in total. The molecule has 70 valence electrons. The summed E-state index contributed by atoms with van der Waals surface area (Å²) in [6.45, 7) is 1.05. The van der Waals surface area contributed by atoms with Gasteiger partial charge in [0.15, 0.2) is 5.16 Å². The van der Waals surface area contributed by atoms with Crippen LogP contribution in [0.25, 0.3) is 0 Å². The zero-order chi connectivity index (χ0) is 9.38. The third kappa shape index (κ3) is 1.24. The lowest BCUT2D eigenvalue weighted by Crippen LogP contribution is -1.96. The van der Waals surface area contributed by atoms with Gasteiger partial charge in [-0.25, -0.2) is 4.98 Å². The highest BCUT2D eigenvalue weighted by molar-refractivity contribution is 7.99. The molecule has 1 aliphatic rings. The van der Waals surface area contributed by atoms with Crippen molar-refractivity contribution in [1.29, 1.82) is 0 Å². The zero-order valence-corrected chi connectivity index (χ0v) is 8.45. The first-order valence-electron chi connectivity index (χ1n) is 4.66. The van der Waals surface area contributed by atoms with Crippen molar-refractivity contribution in [3.63, 3.8) is 0 Å². The number of rotatable bonds is 1. The van der Waals surface area contributed by atoms with Gasteiger partial charge in [0.05, 0.1) is 5.25 Å².